The molecule has 94 valence electrons. The zero-order valence-corrected chi connectivity index (χ0v) is 9.95. The zero-order valence-electron chi connectivity index (χ0n) is 9.95. The zero-order chi connectivity index (χ0) is 13.0. The van der Waals surface area contributed by atoms with Crippen LogP contribution in [0.5, 0.6) is 0 Å². The minimum Gasteiger partial charge on any atom is -0.481 e. The second-order valence-electron chi connectivity index (χ2n) is 3.88. The van der Waals surface area contributed by atoms with E-state index in [1.807, 2.05) is 6.92 Å². The van der Waals surface area contributed by atoms with E-state index in [-0.39, 0.29) is 24.2 Å². The van der Waals surface area contributed by atoms with Crippen molar-refractivity contribution in [2.45, 2.75) is 39.5 Å². The molecular weight excluding hydrogens is 224 g/mol. The fraction of sp³-hybridized carbons (Fsp3) is 0.500. The molecule has 0 saturated heterocycles. The van der Waals surface area contributed by atoms with E-state index in [1.165, 1.54) is 0 Å². The molecule has 0 bridgehead atoms. The first-order valence-corrected chi connectivity index (χ1v) is 5.53. The highest BCUT2D eigenvalue weighted by Crippen LogP contribution is 2.25. The van der Waals surface area contributed by atoms with Gasteiger partial charge in [0.15, 0.2) is 0 Å². The molecule has 0 radical (unpaired) electrons. The van der Waals surface area contributed by atoms with Crippen LogP contribution in [-0.4, -0.2) is 22.2 Å². The Kier molecular flexibility index (Phi) is 4.31. The van der Waals surface area contributed by atoms with E-state index < -0.39 is 11.9 Å². The van der Waals surface area contributed by atoms with Gasteiger partial charge in [-0.2, -0.15) is 0 Å². The number of aliphatic carboxylic acids is 1. The van der Waals surface area contributed by atoms with Crippen molar-refractivity contribution in [2.75, 3.05) is 0 Å². The molecule has 1 aromatic rings. The van der Waals surface area contributed by atoms with Crippen molar-refractivity contribution >= 4 is 11.9 Å². The lowest BCUT2D eigenvalue weighted by atomic mass is 10.0. The summed E-state index contributed by atoms with van der Waals surface area (Å²) in [5, 5.41) is 17.7. The summed E-state index contributed by atoms with van der Waals surface area (Å²) in [6.45, 7) is 3.66. The van der Waals surface area contributed by atoms with Crippen LogP contribution in [0.3, 0.4) is 0 Å². The van der Waals surface area contributed by atoms with E-state index in [0.29, 0.717) is 17.7 Å². The Bertz CT molecular complexity index is 430. The van der Waals surface area contributed by atoms with Crippen molar-refractivity contribution in [3.8, 4) is 0 Å². The number of carboxylic acids is 2. The van der Waals surface area contributed by atoms with Crippen LogP contribution in [0.15, 0.2) is 4.42 Å². The van der Waals surface area contributed by atoms with E-state index in [4.69, 9.17) is 14.6 Å². The normalized spacial score (nSPS) is 10.5. The van der Waals surface area contributed by atoms with Crippen LogP contribution >= 0.6 is 0 Å². The van der Waals surface area contributed by atoms with Crippen LogP contribution < -0.4 is 0 Å². The maximum absolute atomic E-state index is 11.2. The lowest BCUT2D eigenvalue weighted by Gasteiger charge is -1.99. The van der Waals surface area contributed by atoms with Crippen LogP contribution in [0.2, 0.25) is 0 Å². The molecule has 0 aliphatic heterocycles. The van der Waals surface area contributed by atoms with Gasteiger partial charge in [-0.15, -0.1) is 0 Å². The predicted molar refractivity (Wildman–Crippen MR) is 60.4 cm³/mol. The van der Waals surface area contributed by atoms with Gasteiger partial charge in [0.2, 0.25) is 0 Å². The first-order chi connectivity index (χ1) is 7.97. The summed E-state index contributed by atoms with van der Waals surface area (Å²) >= 11 is 0. The molecule has 0 aliphatic carbocycles. The van der Waals surface area contributed by atoms with Gasteiger partial charge >= 0.3 is 11.9 Å². The molecule has 0 unspecified atom stereocenters. The van der Waals surface area contributed by atoms with E-state index in [1.54, 1.807) is 6.92 Å². The summed E-state index contributed by atoms with van der Waals surface area (Å²) in [7, 11) is 0. The van der Waals surface area contributed by atoms with Crippen molar-refractivity contribution in [3.05, 3.63) is 22.6 Å². The van der Waals surface area contributed by atoms with Crippen LogP contribution in [0.1, 0.15) is 47.2 Å². The second-order valence-corrected chi connectivity index (χ2v) is 3.88. The molecule has 0 aromatic carbocycles. The van der Waals surface area contributed by atoms with Gasteiger partial charge in [-0.05, 0) is 13.3 Å². The third-order valence-corrected chi connectivity index (χ3v) is 2.56. The summed E-state index contributed by atoms with van der Waals surface area (Å²) in [6, 6.07) is 0. The van der Waals surface area contributed by atoms with E-state index in [9.17, 15) is 9.59 Å². The van der Waals surface area contributed by atoms with Gasteiger partial charge in [0.25, 0.3) is 0 Å². The maximum Gasteiger partial charge on any atom is 0.339 e. The van der Waals surface area contributed by atoms with Gasteiger partial charge in [0.1, 0.15) is 17.1 Å². The highest BCUT2D eigenvalue weighted by Gasteiger charge is 2.22. The number of hydrogen-bond acceptors (Lipinski definition) is 3. The molecule has 5 heteroatoms. The molecule has 0 aliphatic rings. The smallest absolute Gasteiger partial charge is 0.339 e. The Morgan fingerprint density at radius 2 is 1.88 bits per heavy atom. The highest BCUT2D eigenvalue weighted by atomic mass is 16.4. The second kappa shape index (κ2) is 5.52. The summed E-state index contributed by atoms with van der Waals surface area (Å²) < 4.78 is 5.37. The minimum atomic E-state index is -1.05. The molecule has 5 nitrogen and oxygen atoms in total. The van der Waals surface area contributed by atoms with Crippen molar-refractivity contribution in [2.24, 2.45) is 0 Å². The summed E-state index contributed by atoms with van der Waals surface area (Å²) in [4.78, 5) is 21.7. The molecule has 2 N–H and O–H groups in total. The number of rotatable bonds is 6. The molecule has 17 heavy (non-hydrogen) atoms. The highest BCUT2D eigenvalue weighted by molar-refractivity contribution is 5.91. The third kappa shape index (κ3) is 3.09. The average Bonchev–Trinajstić information content (AvgIpc) is 2.53. The molecule has 1 rings (SSSR count). The Hall–Kier alpha value is -1.78. The fourth-order valence-electron chi connectivity index (χ4n) is 1.84. The van der Waals surface area contributed by atoms with Gasteiger partial charge in [-0.25, -0.2) is 4.79 Å². The number of carboxylic acid groups (broad SMARTS) is 2. The topological polar surface area (TPSA) is 87.7 Å². The van der Waals surface area contributed by atoms with E-state index in [0.717, 1.165) is 6.42 Å². The molecule has 0 saturated carbocycles. The molecule has 0 fully saturated rings. The van der Waals surface area contributed by atoms with Crippen molar-refractivity contribution in [1.29, 1.82) is 0 Å². The quantitative estimate of drug-likeness (QED) is 0.796. The first-order valence-electron chi connectivity index (χ1n) is 5.53. The lowest BCUT2D eigenvalue weighted by molar-refractivity contribution is -0.137. The average molecular weight is 240 g/mol. The van der Waals surface area contributed by atoms with Gasteiger partial charge in [0, 0.05) is 12.0 Å². The monoisotopic (exact) mass is 240 g/mol. The largest absolute Gasteiger partial charge is 0.481 e. The third-order valence-electron chi connectivity index (χ3n) is 2.56. The van der Waals surface area contributed by atoms with Gasteiger partial charge in [-0.3, -0.25) is 4.79 Å². The number of aryl methyl sites for hydroxylation is 2. The van der Waals surface area contributed by atoms with Crippen molar-refractivity contribution in [3.63, 3.8) is 0 Å². The summed E-state index contributed by atoms with van der Waals surface area (Å²) in [5.74, 6) is -1.18. The van der Waals surface area contributed by atoms with E-state index >= 15 is 0 Å². The van der Waals surface area contributed by atoms with Crippen LogP contribution in [-0.2, 0) is 17.6 Å². The lowest BCUT2D eigenvalue weighted by Crippen LogP contribution is -2.05. The maximum atomic E-state index is 11.2. The molecule has 1 aromatic heterocycles. The SMILES string of the molecule is CCCc1c(C)oc(CCC(=O)O)c1C(=O)O. The molecule has 1 heterocycles. The molecule has 0 atom stereocenters. The summed E-state index contributed by atoms with van der Waals surface area (Å²) in [6.07, 6.45) is 1.43. The number of aromatic carboxylic acids is 1. The predicted octanol–water partition coefficient (Wildman–Crippen LogP) is 2.26. The summed E-state index contributed by atoms with van der Waals surface area (Å²) in [5.41, 5.74) is 0.825. The van der Waals surface area contributed by atoms with Crippen molar-refractivity contribution < 1.29 is 24.2 Å². The first kappa shape index (κ1) is 13.3. The Balaban J connectivity index is 3.07. The number of hydrogen-bond donors (Lipinski definition) is 2. The van der Waals surface area contributed by atoms with Crippen LogP contribution in [0.4, 0.5) is 0 Å². The minimum absolute atomic E-state index is 0.113. The van der Waals surface area contributed by atoms with Crippen LogP contribution in [0, 0.1) is 6.92 Å². The van der Waals surface area contributed by atoms with Crippen LogP contribution in [0.25, 0.3) is 0 Å². The Morgan fingerprint density at radius 1 is 1.24 bits per heavy atom. The molecular formula is C12H16O5. The Morgan fingerprint density at radius 3 is 2.35 bits per heavy atom. The molecule has 0 amide bonds. The standard InChI is InChI=1S/C12H16O5/c1-3-4-8-7(2)17-9(5-6-10(13)14)11(8)12(15)16/h3-6H2,1-2H3,(H,13,14)(H,15,16). The van der Waals surface area contributed by atoms with Gasteiger partial charge in [-0.1, -0.05) is 13.3 Å². The fourth-order valence-corrected chi connectivity index (χ4v) is 1.84. The van der Waals surface area contributed by atoms with Gasteiger partial charge < -0.3 is 14.6 Å². The molecule has 0 spiro atoms. The van der Waals surface area contributed by atoms with E-state index in [2.05, 4.69) is 0 Å². The van der Waals surface area contributed by atoms with Gasteiger partial charge in [0.05, 0.1) is 6.42 Å². The number of carbonyl (C=O) groups is 2. The van der Waals surface area contributed by atoms with Crippen molar-refractivity contribution in [1.82, 2.24) is 0 Å². The number of furan rings is 1. The Labute approximate surface area is 99.1 Å².